The van der Waals surface area contributed by atoms with Crippen LogP contribution in [0.1, 0.15) is 25.7 Å². The van der Waals surface area contributed by atoms with Gasteiger partial charge in [-0.2, -0.15) is 0 Å². The van der Waals surface area contributed by atoms with Crippen molar-refractivity contribution in [2.24, 2.45) is 5.73 Å². The van der Waals surface area contributed by atoms with Crippen LogP contribution in [0.4, 0.5) is 4.79 Å². The average Bonchev–Trinajstić information content (AvgIpc) is 1.85. The third-order valence-electron chi connectivity index (χ3n) is 1.88. The molecule has 0 bridgehead atoms. The minimum Gasteiger partial charge on any atom is -0.446 e. The normalized spacial score (nSPS) is 31.4. The Hall–Kier alpha value is -0.770. The molecule has 0 aliphatic heterocycles. The van der Waals surface area contributed by atoms with Crippen molar-refractivity contribution in [3.05, 3.63) is 0 Å². The third-order valence-corrected chi connectivity index (χ3v) is 1.88. The number of primary amides is 1. The summed E-state index contributed by atoms with van der Waals surface area (Å²) in [7, 11) is 0. The predicted octanol–water partition coefficient (Wildman–Crippen LogP) is 0.385. The minimum absolute atomic E-state index is 0.170. The quantitative estimate of drug-likeness (QED) is 0.581. The zero-order chi connectivity index (χ0) is 8.27. The molecule has 0 aromatic heterocycles. The number of aliphatic hydroxyl groups excluding tert-OH is 1. The standard InChI is InChI=1S/C7H13NO3/c8-7(10)11-6-3-1-2-5(9)4-6/h5-6,9H,1-4H2,(H2,8,10). The van der Waals surface area contributed by atoms with Gasteiger partial charge in [0.25, 0.3) is 0 Å². The van der Waals surface area contributed by atoms with Gasteiger partial charge >= 0.3 is 6.09 Å². The van der Waals surface area contributed by atoms with E-state index >= 15 is 0 Å². The number of ether oxygens (including phenoxy) is 1. The maximum atomic E-state index is 10.3. The molecule has 0 aromatic rings. The lowest BCUT2D eigenvalue weighted by atomic mass is 9.95. The van der Waals surface area contributed by atoms with Crippen LogP contribution in [0, 0.1) is 0 Å². The van der Waals surface area contributed by atoms with E-state index in [1.807, 2.05) is 0 Å². The van der Waals surface area contributed by atoms with E-state index in [2.05, 4.69) is 0 Å². The fourth-order valence-corrected chi connectivity index (χ4v) is 1.39. The number of hydrogen-bond acceptors (Lipinski definition) is 3. The van der Waals surface area contributed by atoms with Crippen molar-refractivity contribution in [1.29, 1.82) is 0 Å². The summed E-state index contributed by atoms with van der Waals surface area (Å²) in [4.78, 5) is 10.3. The Kier molecular flexibility index (Phi) is 2.70. The van der Waals surface area contributed by atoms with Crippen LogP contribution >= 0.6 is 0 Å². The fourth-order valence-electron chi connectivity index (χ4n) is 1.39. The lowest BCUT2D eigenvalue weighted by Crippen LogP contribution is -2.30. The van der Waals surface area contributed by atoms with E-state index in [4.69, 9.17) is 15.6 Å². The highest BCUT2D eigenvalue weighted by Crippen LogP contribution is 2.20. The van der Waals surface area contributed by atoms with E-state index in [1.54, 1.807) is 0 Å². The summed E-state index contributed by atoms with van der Waals surface area (Å²) in [5.74, 6) is 0. The Morgan fingerprint density at radius 3 is 2.82 bits per heavy atom. The van der Waals surface area contributed by atoms with Gasteiger partial charge in [0.2, 0.25) is 0 Å². The van der Waals surface area contributed by atoms with Gasteiger partial charge in [0.15, 0.2) is 0 Å². The van der Waals surface area contributed by atoms with E-state index in [9.17, 15) is 4.79 Å². The Morgan fingerprint density at radius 1 is 1.55 bits per heavy atom. The first-order valence-electron chi connectivity index (χ1n) is 3.82. The molecule has 1 rings (SSSR count). The Bertz CT molecular complexity index is 149. The van der Waals surface area contributed by atoms with Gasteiger partial charge in [-0.25, -0.2) is 4.79 Å². The van der Waals surface area contributed by atoms with Crippen molar-refractivity contribution in [2.75, 3.05) is 0 Å². The van der Waals surface area contributed by atoms with Crippen molar-refractivity contribution in [3.63, 3.8) is 0 Å². The van der Waals surface area contributed by atoms with Gasteiger partial charge in [0.05, 0.1) is 6.10 Å². The highest BCUT2D eigenvalue weighted by molar-refractivity contribution is 5.64. The molecule has 1 saturated carbocycles. The molecule has 1 aliphatic carbocycles. The molecule has 0 saturated heterocycles. The monoisotopic (exact) mass is 159 g/mol. The number of amides is 1. The maximum absolute atomic E-state index is 10.3. The van der Waals surface area contributed by atoms with Gasteiger partial charge in [0, 0.05) is 6.42 Å². The first-order chi connectivity index (χ1) is 5.18. The number of rotatable bonds is 1. The minimum atomic E-state index is -0.746. The number of hydrogen-bond donors (Lipinski definition) is 2. The van der Waals surface area contributed by atoms with E-state index < -0.39 is 6.09 Å². The molecular weight excluding hydrogens is 146 g/mol. The molecule has 3 N–H and O–H groups in total. The molecule has 2 unspecified atom stereocenters. The maximum Gasteiger partial charge on any atom is 0.404 e. The molecule has 1 amide bonds. The summed E-state index contributed by atoms with van der Waals surface area (Å²) in [5.41, 5.74) is 4.83. The molecule has 0 heterocycles. The number of carbonyl (C=O) groups is 1. The molecule has 64 valence electrons. The van der Waals surface area contributed by atoms with E-state index in [0.29, 0.717) is 6.42 Å². The van der Waals surface area contributed by atoms with Gasteiger partial charge < -0.3 is 15.6 Å². The molecule has 4 heteroatoms. The zero-order valence-electron chi connectivity index (χ0n) is 6.32. The van der Waals surface area contributed by atoms with E-state index in [-0.39, 0.29) is 12.2 Å². The second-order valence-electron chi connectivity index (χ2n) is 2.88. The molecule has 0 aromatic carbocycles. The molecule has 4 nitrogen and oxygen atoms in total. The van der Waals surface area contributed by atoms with Crippen LogP contribution in [0.25, 0.3) is 0 Å². The molecule has 11 heavy (non-hydrogen) atoms. The van der Waals surface area contributed by atoms with Gasteiger partial charge in [-0.1, -0.05) is 0 Å². The smallest absolute Gasteiger partial charge is 0.404 e. The van der Waals surface area contributed by atoms with Crippen LogP contribution in [0.2, 0.25) is 0 Å². The van der Waals surface area contributed by atoms with Crippen LogP contribution in [0.5, 0.6) is 0 Å². The van der Waals surface area contributed by atoms with Gasteiger partial charge in [-0.05, 0) is 19.3 Å². The van der Waals surface area contributed by atoms with Crippen LogP contribution in [0.15, 0.2) is 0 Å². The second-order valence-corrected chi connectivity index (χ2v) is 2.88. The SMILES string of the molecule is NC(=O)OC1CCCC(O)C1. The molecular formula is C7H13NO3. The molecule has 1 fully saturated rings. The Balaban J connectivity index is 2.28. The lowest BCUT2D eigenvalue weighted by Gasteiger charge is -2.24. The first-order valence-corrected chi connectivity index (χ1v) is 3.82. The molecule has 1 aliphatic rings. The van der Waals surface area contributed by atoms with Crippen molar-refractivity contribution >= 4 is 6.09 Å². The summed E-state index contributed by atoms with van der Waals surface area (Å²) in [6, 6.07) is 0. The van der Waals surface area contributed by atoms with Crippen LogP contribution < -0.4 is 5.73 Å². The highest BCUT2D eigenvalue weighted by Gasteiger charge is 2.22. The van der Waals surface area contributed by atoms with Crippen molar-refractivity contribution in [2.45, 2.75) is 37.9 Å². The summed E-state index contributed by atoms with van der Waals surface area (Å²) < 4.78 is 4.74. The van der Waals surface area contributed by atoms with Gasteiger partial charge in [0.1, 0.15) is 6.10 Å². The van der Waals surface area contributed by atoms with Crippen LogP contribution in [-0.4, -0.2) is 23.4 Å². The number of carbonyl (C=O) groups excluding carboxylic acids is 1. The number of aliphatic hydroxyl groups is 1. The Morgan fingerprint density at radius 2 is 2.27 bits per heavy atom. The van der Waals surface area contributed by atoms with Gasteiger partial charge in [-0.3, -0.25) is 0 Å². The summed E-state index contributed by atoms with van der Waals surface area (Å²) in [5, 5.41) is 9.16. The van der Waals surface area contributed by atoms with Crippen LogP contribution in [0.3, 0.4) is 0 Å². The van der Waals surface area contributed by atoms with Crippen molar-refractivity contribution < 1.29 is 14.6 Å². The highest BCUT2D eigenvalue weighted by atomic mass is 16.6. The second kappa shape index (κ2) is 3.57. The first kappa shape index (κ1) is 8.33. The van der Waals surface area contributed by atoms with Gasteiger partial charge in [-0.15, -0.1) is 0 Å². The molecule has 0 radical (unpaired) electrons. The fraction of sp³-hybridized carbons (Fsp3) is 0.857. The topological polar surface area (TPSA) is 72.6 Å². The lowest BCUT2D eigenvalue weighted by molar-refractivity contribution is 0.0267. The Labute approximate surface area is 65.3 Å². The van der Waals surface area contributed by atoms with Crippen molar-refractivity contribution in [3.8, 4) is 0 Å². The zero-order valence-corrected chi connectivity index (χ0v) is 6.32. The number of nitrogens with two attached hydrogens (primary N) is 1. The van der Waals surface area contributed by atoms with Crippen molar-refractivity contribution in [1.82, 2.24) is 0 Å². The average molecular weight is 159 g/mol. The molecule has 0 spiro atoms. The van der Waals surface area contributed by atoms with Crippen LogP contribution in [-0.2, 0) is 4.74 Å². The van der Waals surface area contributed by atoms with E-state index in [0.717, 1.165) is 19.3 Å². The summed E-state index contributed by atoms with van der Waals surface area (Å²) in [6.07, 6.45) is 1.81. The predicted molar refractivity (Wildman–Crippen MR) is 38.9 cm³/mol. The largest absolute Gasteiger partial charge is 0.446 e. The summed E-state index contributed by atoms with van der Waals surface area (Å²) >= 11 is 0. The molecule has 2 atom stereocenters. The third kappa shape index (κ3) is 2.76. The summed E-state index contributed by atoms with van der Waals surface area (Å²) in [6.45, 7) is 0. The van der Waals surface area contributed by atoms with E-state index in [1.165, 1.54) is 0 Å².